The van der Waals surface area contributed by atoms with Gasteiger partial charge in [0.1, 0.15) is 11.4 Å². The molecule has 1 unspecified atom stereocenters. The first-order valence-electron chi connectivity index (χ1n) is 4.02. The van der Waals surface area contributed by atoms with Gasteiger partial charge in [-0.15, -0.1) is 0 Å². The maximum Gasteiger partial charge on any atom is 0.129 e. The fourth-order valence-corrected chi connectivity index (χ4v) is 1.31. The lowest BCUT2D eigenvalue weighted by Gasteiger charge is -2.06. The zero-order valence-electron chi connectivity index (χ0n) is 7.23. The second-order valence-corrected chi connectivity index (χ2v) is 3.50. The molecule has 1 aliphatic heterocycles. The van der Waals surface area contributed by atoms with Crippen molar-refractivity contribution in [2.75, 3.05) is 6.61 Å². The lowest BCUT2D eigenvalue weighted by atomic mass is 10.0. The Morgan fingerprint density at radius 3 is 2.67 bits per heavy atom. The topological polar surface area (TPSA) is 12.5 Å². The Morgan fingerprint density at radius 2 is 2.17 bits per heavy atom. The molecule has 0 aliphatic carbocycles. The predicted molar refractivity (Wildman–Crippen MR) is 44.4 cm³/mol. The fraction of sp³-hybridized carbons (Fsp3) is 0.400. The monoisotopic (exact) mass is 166 g/mol. The van der Waals surface area contributed by atoms with Crippen LogP contribution in [0, 0.1) is 12.7 Å². The molecular formula is C10H11FO. The van der Waals surface area contributed by atoms with E-state index in [2.05, 4.69) is 0 Å². The highest BCUT2D eigenvalue weighted by atomic mass is 19.1. The van der Waals surface area contributed by atoms with E-state index in [-0.39, 0.29) is 11.4 Å². The summed E-state index contributed by atoms with van der Waals surface area (Å²) in [4.78, 5) is 0. The van der Waals surface area contributed by atoms with Gasteiger partial charge >= 0.3 is 0 Å². The zero-order chi connectivity index (χ0) is 8.77. The van der Waals surface area contributed by atoms with Crippen molar-refractivity contribution in [2.24, 2.45) is 0 Å². The molecule has 12 heavy (non-hydrogen) atoms. The van der Waals surface area contributed by atoms with Gasteiger partial charge in [-0.2, -0.15) is 0 Å². The third-order valence-electron chi connectivity index (χ3n) is 2.27. The number of ether oxygens (including phenoxy) is 1. The summed E-state index contributed by atoms with van der Waals surface area (Å²) in [5, 5.41) is 0. The molecule has 1 aromatic rings. The lowest BCUT2D eigenvalue weighted by Crippen LogP contribution is -2.05. The summed E-state index contributed by atoms with van der Waals surface area (Å²) < 4.78 is 18.5. The summed E-state index contributed by atoms with van der Waals surface area (Å²) in [6, 6.07) is 5.26. The second-order valence-electron chi connectivity index (χ2n) is 3.50. The Kier molecular flexibility index (Phi) is 1.48. The van der Waals surface area contributed by atoms with Gasteiger partial charge in [0.15, 0.2) is 0 Å². The molecule has 1 aromatic carbocycles. The van der Waals surface area contributed by atoms with Crippen molar-refractivity contribution < 1.29 is 9.13 Å². The number of hydrogen-bond acceptors (Lipinski definition) is 1. The summed E-state index contributed by atoms with van der Waals surface area (Å²) in [5.74, 6) is -0.157. The molecule has 0 saturated carbocycles. The molecule has 1 heterocycles. The highest BCUT2D eigenvalue weighted by molar-refractivity contribution is 5.30. The van der Waals surface area contributed by atoms with Crippen molar-refractivity contribution >= 4 is 0 Å². The van der Waals surface area contributed by atoms with Gasteiger partial charge in [0.2, 0.25) is 0 Å². The first-order valence-corrected chi connectivity index (χ1v) is 4.02. The maximum atomic E-state index is 13.3. The Labute approximate surface area is 71.2 Å². The largest absolute Gasteiger partial charge is 0.365 e. The molecule has 1 atom stereocenters. The summed E-state index contributed by atoms with van der Waals surface area (Å²) >= 11 is 0. The second kappa shape index (κ2) is 2.30. The van der Waals surface area contributed by atoms with Crippen LogP contribution in [0.4, 0.5) is 4.39 Å². The summed E-state index contributed by atoms with van der Waals surface area (Å²) in [6.07, 6.45) is 0. The van der Waals surface area contributed by atoms with E-state index in [1.165, 1.54) is 0 Å². The van der Waals surface area contributed by atoms with Gasteiger partial charge < -0.3 is 4.74 Å². The average molecular weight is 166 g/mol. The van der Waals surface area contributed by atoms with Crippen LogP contribution in [0.2, 0.25) is 0 Å². The first kappa shape index (κ1) is 7.74. The SMILES string of the molecule is Cc1ccc(C2(C)CO2)c(F)c1. The molecule has 0 bridgehead atoms. The van der Waals surface area contributed by atoms with Crippen LogP contribution in [0.25, 0.3) is 0 Å². The molecule has 0 N–H and O–H groups in total. The van der Waals surface area contributed by atoms with Crippen LogP contribution >= 0.6 is 0 Å². The molecule has 1 aliphatic rings. The van der Waals surface area contributed by atoms with Crippen LogP contribution in [0.3, 0.4) is 0 Å². The predicted octanol–water partition coefficient (Wildman–Crippen LogP) is 2.38. The smallest absolute Gasteiger partial charge is 0.129 e. The minimum atomic E-state index is -0.349. The van der Waals surface area contributed by atoms with E-state index in [9.17, 15) is 4.39 Å². The molecule has 2 rings (SSSR count). The van der Waals surface area contributed by atoms with Crippen molar-refractivity contribution in [2.45, 2.75) is 19.4 Å². The standard InChI is InChI=1S/C10H11FO/c1-7-3-4-8(9(11)5-7)10(2)6-12-10/h3-5H,6H2,1-2H3. The zero-order valence-corrected chi connectivity index (χ0v) is 7.23. The van der Waals surface area contributed by atoms with E-state index >= 15 is 0 Å². The molecule has 0 spiro atoms. The van der Waals surface area contributed by atoms with Crippen molar-refractivity contribution in [1.29, 1.82) is 0 Å². The minimum Gasteiger partial charge on any atom is -0.365 e. The van der Waals surface area contributed by atoms with Gasteiger partial charge in [0.25, 0.3) is 0 Å². The quantitative estimate of drug-likeness (QED) is 0.583. The number of aryl methyl sites for hydroxylation is 1. The molecule has 64 valence electrons. The maximum absolute atomic E-state index is 13.3. The van der Waals surface area contributed by atoms with Crippen molar-refractivity contribution in [3.63, 3.8) is 0 Å². The number of benzene rings is 1. The van der Waals surface area contributed by atoms with Crippen LogP contribution in [0.1, 0.15) is 18.1 Å². The van der Waals surface area contributed by atoms with Gasteiger partial charge in [-0.3, -0.25) is 0 Å². The van der Waals surface area contributed by atoms with Crippen molar-refractivity contribution in [3.8, 4) is 0 Å². The molecule has 2 heteroatoms. The van der Waals surface area contributed by atoms with Crippen molar-refractivity contribution in [1.82, 2.24) is 0 Å². The van der Waals surface area contributed by atoms with E-state index < -0.39 is 0 Å². The average Bonchev–Trinajstić information content (AvgIpc) is 2.68. The Hall–Kier alpha value is -0.890. The van der Waals surface area contributed by atoms with Gasteiger partial charge in [0, 0.05) is 5.56 Å². The van der Waals surface area contributed by atoms with E-state index in [0.29, 0.717) is 12.2 Å². The van der Waals surface area contributed by atoms with E-state index in [1.807, 2.05) is 19.9 Å². The lowest BCUT2D eigenvalue weighted by molar-refractivity contribution is 0.321. The molecular weight excluding hydrogens is 155 g/mol. The number of hydrogen-bond donors (Lipinski definition) is 0. The minimum absolute atomic E-state index is 0.157. The number of rotatable bonds is 1. The first-order chi connectivity index (χ1) is 5.62. The number of halogens is 1. The fourth-order valence-electron chi connectivity index (χ4n) is 1.31. The van der Waals surface area contributed by atoms with E-state index in [1.54, 1.807) is 12.1 Å². The van der Waals surface area contributed by atoms with Crippen LogP contribution in [0.15, 0.2) is 18.2 Å². The Bertz CT molecular complexity index is 316. The molecule has 1 fully saturated rings. The van der Waals surface area contributed by atoms with Crippen molar-refractivity contribution in [3.05, 3.63) is 35.1 Å². The third-order valence-corrected chi connectivity index (χ3v) is 2.27. The van der Waals surface area contributed by atoms with E-state index in [0.717, 1.165) is 5.56 Å². The summed E-state index contributed by atoms with van der Waals surface area (Å²) in [5.41, 5.74) is 1.27. The molecule has 0 amide bonds. The summed E-state index contributed by atoms with van der Waals surface area (Å²) in [6.45, 7) is 4.41. The van der Waals surface area contributed by atoms with Crippen LogP contribution in [0.5, 0.6) is 0 Å². The van der Waals surface area contributed by atoms with Crippen LogP contribution < -0.4 is 0 Å². The van der Waals surface area contributed by atoms with Crippen LogP contribution in [-0.4, -0.2) is 6.61 Å². The molecule has 1 nitrogen and oxygen atoms in total. The van der Waals surface area contributed by atoms with Gasteiger partial charge in [-0.05, 0) is 25.5 Å². The molecule has 0 aromatic heterocycles. The molecule has 0 radical (unpaired) electrons. The van der Waals surface area contributed by atoms with Gasteiger partial charge in [-0.25, -0.2) is 4.39 Å². The highest BCUT2D eigenvalue weighted by Gasteiger charge is 2.43. The molecule has 1 saturated heterocycles. The summed E-state index contributed by atoms with van der Waals surface area (Å²) in [7, 11) is 0. The van der Waals surface area contributed by atoms with E-state index in [4.69, 9.17) is 4.74 Å². The third kappa shape index (κ3) is 1.12. The van der Waals surface area contributed by atoms with Crippen LogP contribution in [-0.2, 0) is 10.3 Å². The highest BCUT2D eigenvalue weighted by Crippen LogP contribution is 2.39. The normalized spacial score (nSPS) is 27.2. The Morgan fingerprint density at radius 1 is 1.50 bits per heavy atom. The number of epoxide rings is 1. The van der Waals surface area contributed by atoms with Gasteiger partial charge in [-0.1, -0.05) is 12.1 Å². The Balaban J connectivity index is 2.45. The van der Waals surface area contributed by atoms with Gasteiger partial charge in [0.05, 0.1) is 6.61 Å².